The summed E-state index contributed by atoms with van der Waals surface area (Å²) in [5, 5.41) is 7.78. The summed E-state index contributed by atoms with van der Waals surface area (Å²) in [6.07, 6.45) is 2.58. The Hall–Kier alpha value is -3.00. The molecule has 152 valence electrons. The molecule has 2 aromatic heterocycles. The molecule has 1 aliphatic rings. The van der Waals surface area contributed by atoms with Gasteiger partial charge in [-0.2, -0.15) is 0 Å². The minimum absolute atomic E-state index is 0.0921. The fourth-order valence-corrected chi connectivity index (χ4v) is 3.65. The molecule has 0 aliphatic carbocycles. The third-order valence-electron chi connectivity index (χ3n) is 5.25. The van der Waals surface area contributed by atoms with E-state index in [-0.39, 0.29) is 11.7 Å². The first-order valence-corrected chi connectivity index (χ1v) is 9.75. The van der Waals surface area contributed by atoms with Gasteiger partial charge in [0, 0.05) is 57.8 Å². The largest absolute Gasteiger partial charge is 0.354 e. The first-order valence-electron chi connectivity index (χ1n) is 9.75. The van der Waals surface area contributed by atoms with Crippen molar-refractivity contribution in [1.29, 1.82) is 0 Å². The van der Waals surface area contributed by atoms with Crippen molar-refractivity contribution >= 4 is 28.4 Å². The molecule has 0 bridgehead atoms. The number of piperazine rings is 1. The number of aromatic nitrogens is 2. The zero-order valence-electron chi connectivity index (χ0n) is 16.6. The smallest absolute Gasteiger partial charge is 0.221 e. The van der Waals surface area contributed by atoms with Crippen LogP contribution in [0.25, 0.3) is 11.0 Å². The van der Waals surface area contributed by atoms with E-state index in [0.717, 1.165) is 67.3 Å². The monoisotopic (exact) mass is 397 g/mol. The molecule has 0 spiro atoms. The van der Waals surface area contributed by atoms with E-state index in [4.69, 9.17) is 4.52 Å². The third kappa shape index (κ3) is 4.37. The fourth-order valence-electron chi connectivity index (χ4n) is 3.65. The van der Waals surface area contributed by atoms with Crippen molar-refractivity contribution in [2.45, 2.75) is 20.3 Å². The molecule has 0 atom stereocenters. The number of carbonyl (C=O) groups excluding carboxylic acids is 1. The van der Waals surface area contributed by atoms with Gasteiger partial charge < -0.3 is 14.7 Å². The maximum atomic E-state index is 13.3. The highest BCUT2D eigenvalue weighted by Gasteiger charge is 2.21. The highest BCUT2D eigenvalue weighted by atomic mass is 19.1. The van der Waals surface area contributed by atoms with Crippen molar-refractivity contribution in [2.75, 3.05) is 42.9 Å². The summed E-state index contributed by atoms with van der Waals surface area (Å²) in [5.74, 6) is 0.370. The van der Waals surface area contributed by atoms with Crippen molar-refractivity contribution in [1.82, 2.24) is 15.0 Å². The molecule has 0 saturated carbocycles. The Labute approximate surface area is 168 Å². The molecular formula is C21H24FN5O2. The highest BCUT2D eigenvalue weighted by molar-refractivity contribution is 5.89. The van der Waals surface area contributed by atoms with E-state index in [0.29, 0.717) is 5.58 Å². The molecule has 1 amide bonds. The SMILES string of the molecule is CC(=O)Nc1cnc(CCN2CCN(c3noc4cc(F)ccc34)CC2)cc1C. The molecule has 29 heavy (non-hydrogen) atoms. The lowest BCUT2D eigenvalue weighted by molar-refractivity contribution is -0.114. The lowest BCUT2D eigenvalue weighted by Crippen LogP contribution is -2.47. The Morgan fingerprint density at radius 1 is 1.24 bits per heavy atom. The number of anilines is 2. The van der Waals surface area contributed by atoms with Crippen LogP contribution in [0.2, 0.25) is 0 Å². The molecule has 1 N–H and O–H groups in total. The quantitative estimate of drug-likeness (QED) is 0.713. The predicted molar refractivity (Wildman–Crippen MR) is 110 cm³/mol. The van der Waals surface area contributed by atoms with Crippen LogP contribution in [0.5, 0.6) is 0 Å². The third-order valence-corrected chi connectivity index (χ3v) is 5.25. The summed E-state index contributed by atoms with van der Waals surface area (Å²) in [6, 6.07) is 6.56. The maximum absolute atomic E-state index is 13.3. The number of hydrogen-bond acceptors (Lipinski definition) is 6. The van der Waals surface area contributed by atoms with Crippen LogP contribution < -0.4 is 10.2 Å². The molecule has 1 fully saturated rings. The van der Waals surface area contributed by atoms with Gasteiger partial charge in [0.1, 0.15) is 5.82 Å². The number of rotatable bonds is 5. The van der Waals surface area contributed by atoms with E-state index in [1.54, 1.807) is 12.3 Å². The number of fused-ring (bicyclic) bond motifs is 1. The lowest BCUT2D eigenvalue weighted by atomic mass is 10.1. The van der Waals surface area contributed by atoms with Gasteiger partial charge in [-0.15, -0.1) is 0 Å². The summed E-state index contributed by atoms with van der Waals surface area (Å²) in [6.45, 7) is 7.90. The average Bonchev–Trinajstić information content (AvgIpc) is 3.11. The Kier molecular flexibility index (Phi) is 5.44. The zero-order valence-corrected chi connectivity index (χ0v) is 16.6. The number of amides is 1. The molecule has 0 radical (unpaired) electrons. The van der Waals surface area contributed by atoms with Crippen LogP contribution in [0, 0.1) is 12.7 Å². The summed E-state index contributed by atoms with van der Waals surface area (Å²) < 4.78 is 18.6. The van der Waals surface area contributed by atoms with Gasteiger partial charge in [-0.3, -0.25) is 14.7 Å². The van der Waals surface area contributed by atoms with Gasteiger partial charge >= 0.3 is 0 Å². The zero-order chi connectivity index (χ0) is 20.4. The molecule has 0 unspecified atom stereocenters. The minimum atomic E-state index is -0.320. The number of aryl methyl sites for hydroxylation is 1. The fraction of sp³-hybridized carbons (Fsp3) is 0.381. The Balaban J connectivity index is 1.32. The lowest BCUT2D eigenvalue weighted by Gasteiger charge is -2.34. The van der Waals surface area contributed by atoms with Crippen molar-refractivity contribution in [3.63, 3.8) is 0 Å². The summed E-state index contributed by atoms with van der Waals surface area (Å²) in [5.41, 5.74) is 3.27. The van der Waals surface area contributed by atoms with E-state index < -0.39 is 0 Å². The normalized spacial score (nSPS) is 15.1. The second kappa shape index (κ2) is 8.16. The van der Waals surface area contributed by atoms with Crippen LogP contribution in [0.1, 0.15) is 18.2 Å². The van der Waals surface area contributed by atoms with Gasteiger partial charge in [0.2, 0.25) is 5.91 Å². The van der Waals surface area contributed by atoms with E-state index >= 15 is 0 Å². The number of pyridine rings is 1. The van der Waals surface area contributed by atoms with Crippen LogP contribution in [0.3, 0.4) is 0 Å². The van der Waals surface area contributed by atoms with Gasteiger partial charge in [0.25, 0.3) is 0 Å². The standard InChI is InChI=1S/C21H24FN5O2/c1-14-11-17(23-13-19(14)24-15(2)28)5-6-26-7-9-27(10-8-26)21-18-4-3-16(22)12-20(18)29-25-21/h3-4,11-13H,5-10H2,1-2H3,(H,24,28). The second-order valence-corrected chi connectivity index (χ2v) is 7.40. The van der Waals surface area contributed by atoms with Crippen LogP contribution in [0.15, 0.2) is 35.0 Å². The van der Waals surface area contributed by atoms with Gasteiger partial charge in [0.05, 0.1) is 17.3 Å². The molecule has 1 aromatic carbocycles. The summed E-state index contributed by atoms with van der Waals surface area (Å²) in [7, 11) is 0. The number of carbonyl (C=O) groups is 1. The number of nitrogens with zero attached hydrogens (tertiary/aromatic N) is 4. The molecule has 1 saturated heterocycles. The topological polar surface area (TPSA) is 74.5 Å². The second-order valence-electron chi connectivity index (χ2n) is 7.40. The molecule has 4 rings (SSSR count). The number of hydrogen-bond donors (Lipinski definition) is 1. The van der Waals surface area contributed by atoms with Crippen LogP contribution in [0.4, 0.5) is 15.9 Å². The Morgan fingerprint density at radius 3 is 2.76 bits per heavy atom. The highest BCUT2D eigenvalue weighted by Crippen LogP contribution is 2.27. The predicted octanol–water partition coefficient (Wildman–Crippen LogP) is 2.99. The van der Waals surface area contributed by atoms with Crippen molar-refractivity contribution < 1.29 is 13.7 Å². The Morgan fingerprint density at radius 2 is 2.03 bits per heavy atom. The van der Waals surface area contributed by atoms with Crippen molar-refractivity contribution in [3.05, 3.63) is 47.5 Å². The van der Waals surface area contributed by atoms with Crippen molar-refractivity contribution in [2.24, 2.45) is 0 Å². The maximum Gasteiger partial charge on any atom is 0.221 e. The van der Waals surface area contributed by atoms with E-state index in [1.165, 1.54) is 19.1 Å². The Bertz CT molecular complexity index is 1030. The van der Waals surface area contributed by atoms with Gasteiger partial charge in [-0.25, -0.2) is 4.39 Å². The van der Waals surface area contributed by atoms with Gasteiger partial charge in [-0.05, 0) is 30.7 Å². The van der Waals surface area contributed by atoms with E-state index in [2.05, 4.69) is 25.3 Å². The van der Waals surface area contributed by atoms with Gasteiger partial charge in [0.15, 0.2) is 11.4 Å². The summed E-state index contributed by atoms with van der Waals surface area (Å²) >= 11 is 0. The molecule has 1 aliphatic heterocycles. The molecule has 3 aromatic rings. The first-order chi connectivity index (χ1) is 14.0. The van der Waals surface area contributed by atoms with E-state index in [1.807, 2.05) is 13.0 Å². The van der Waals surface area contributed by atoms with Gasteiger partial charge in [-0.1, -0.05) is 5.16 Å². The molecule has 3 heterocycles. The summed E-state index contributed by atoms with van der Waals surface area (Å²) in [4.78, 5) is 20.3. The first kappa shape index (κ1) is 19.3. The number of nitrogens with one attached hydrogen (secondary N) is 1. The number of benzene rings is 1. The minimum Gasteiger partial charge on any atom is -0.354 e. The molecular weight excluding hydrogens is 373 g/mol. The molecule has 7 nitrogen and oxygen atoms in total. The van der Waals surface area contributed by atoms with E-state index in [9.17, 15) is 9.18 Å². The van der Waals surface area contributed by atoms with Crippen LogP contribution in [-0.2, 0) is 11.2 Å². The van der Waals surface area contributed by atoms with Crippen molar-refractivity contribution in [3.8, 4) is 0 Å². The average molecular weight is 397 g/mol. The van der Waals surface area contributed by atoms with Crippen LogP contribution in [-0.4, -0.2) is 53.7 Å². The van der Waals surface area contributed by atoms with Crippen LogP contribution >= 0.6 is 0 Å². The number of halogens is 1. The molecule has 8 heteroatoms.